The van der Waals surface area contributed by atoms with Crippen LogP contribution in [0.1, 0.15) is 49.3 Å². The molecule has 29 heavy (non-hydrogen) atoms. The molecule has 0 radical (unpaired) electrons. The van der Waals surface area contributed by atoms with Crippen LogP contribution in [0.25, 0.3) is 0 Å². The fraction of sp³-hybridized carbons (Fsp3) is 0.318. The predicted molar refractivity (Wildman–Crippen MR) is 111 cm³/mol. The summed E-state index contributed by atoms with van der Waals surface area (Å²) in [4.78, 5) is 36.1. The van der Waals surface area contributed by atoms with Crippen molar-refractivity contribution < 1.29 is 18.8 Å². The minimum atomic E-state index is -0.808. The van der Waals surface area contributed by atoms with E-state index >= 15 is 0 Å². The molecule has 1 aliphatic rings. The molecule has 1 atom stereocenters. The van der Waals surface area contributed by atoms with Crippen molar-refractivity contribution in [3.8, 4) is 0 Å². The lowest BCUT2D eigenvalue weighted by atomic mass is 9.83. The minimum Gasteiger partial charge on any atom is -0.351 e. The summed E-state index contributed by atoms with van der Waals surface area (Å²) in [7, 11) is 0. The van der Waals surface area contributed by atoms with Gasteiger partial charge in [-0.15, -0.1) is 0 Å². The fourth-order valence-electron chi connectivity index (χ4n) is 3.35. The van der Waals surface area contributed by atoms with E-state index in [0.717, 1.165) is 21.2 Å². The topological polar surface area (TPSA) is 75.3 Å². The Bertz CT molecular complexity index is 957. The van der Waals surface area contributed by atoms with Gasteiger partial charge in [0.1, 0.15) is 5.82 Å². The highest BCUT2D eigenvalue weighted by atomic mass is 79.9. The van der Waals surface area contributed by atoms with E-state index in [1.165, 1.54) is 12.1 Å². The molecule has 0 saturated carbocycles. The summed E-state index contributed by atoms with van der Waals surface area (Å²) in [6, 6.07) is 11.5. The maximum Gasteiger partial charge on any atom is 0.234 e. The Morgan fingerprint density at radius 3 is 2.52 bits per heavy atom. The number of nitrogens with one attached hydrogen (secondary N) is 2. The normalized spacial score (nSPS) is 17.0. The average molecular weight is 461 g/mol. The van der Waals surface area contributed by atoms with Crippen LogP contribution in [-0.4, -0.2) is 17.7 Å². The average Bonchev–Trinajstić information content (AvgIpc) is 2.67. The molecule has 1 saturated heterocycles. The first-order chi connectivity index (χ1) is 13.7. The van der Waals surface area contributed by atoms with E-state index in [-0.39, 0.29) is 29.5 Å². The second-order valence-electron chi connectivity index (χ2n) is 7.67. The molecule has 0 aromatic heterocycles. The number of hydrogen-bond acceptors (Lipinski definition) is 3. The van der Waals surface area contributed by atoms with Crippen molar-refractivity contribution >= 4 is 33.7 Å². The molecule has 2 aromatic carbocycles. The molecule has 1 unspecified atom stereocenters. The van der Waals surface area contributed by atoms with Crippen LogP contribution in [0, 0.1) is 5.82 Å². The third-order valence-corrected chi connectivity index (χ3v) is 5.95. The smallest absolute Gasteiger partial charge is 0.234 e. The Labute approximate surface area is 177 Å². The Morgan fingerprint density at radius 2 is 1.90 bits per heavy atom. The number of hydrogen-bond donors (Lipinski definition) is 2. The van der Waals surface area contributed by atoms with E-state index in [9.17, 15) is 18.8 Å². The van der Waals surface area contributed by atoms with Crippen molar-refractivity contribution in [1.29, 1.82) is 0 Å². The first-order valence-corrected chi connectivity index (χ1v) is 10.1. The summed E-state index contributed by atoms with van der Waals surface area (Å²) in [5.41, 5.74) is 1.61. The lowest BCUT2D eigenvalue weighted by molar-refractivity contribution is -0.134. The number of piperidine rings is 1. The summed E-state index contributed by atoms with van der Waals surface area (Å²) in [5.74, 6) is -1.42. The van der Waals surface area contributed by atoms with Crippen molar-refractivity contribution in [2.75, 3.05) is 0 Å². The molecule has 3 rings (SSSR count). The van der Waals surface area contributed by atoms with E-state index in [1.54, 1.807) is 26.0 Å². The minimum absolute atomic E-state index is 0.172. The molecule has 5 nitrogen and oxygen atoms in total. The summed E-state index contributed by atoms with van der Waals surface area (Å²) in [5, 5.41) is 5.28. The summed E-state index contributed by atoms with van der Waals surface area (Å²) >= 11 is 3.50. The lowest BCUT2D eigenvalue weighted by Gasteiger charge is -2.25. The predicted octanol–water partition coefficient (Wildman–Crippen LogP) is 3.70. The van der Waals surface area contributed by atoms with Gasteiger partial charge in [-0.2, -0.15) is 0 Å². The van der Waals surface area contributed by atoms with Crippen LogP contribution in [-0.2, 0) is 26.3 Å². The molecule has 1 heterocycles. The number of rotatable bonds is 5. The van der Waals surface area contributed by atoms with Crippen LogP contribution in [0.3, 0.4) is 0 Å². The van der Waals surface area contributed by atoms with E-state index in [4.69, 9.17) is 0 Å². The van der Waals surface area contributed by atoms with Gasteiger partial charge in [0.05, 0.1) is 11.3 Å². The highest BCUT2D eigenvalue weighted by molar-refractivity contribution is 9.10. The molecule has 3 amide bonds. The van der Waals surface area contributed by atoms with Crippen LogP contribution in [0.2, 0.25) is 0 Å². The molecular weight excluding hydrogens is 439 g/mol. The molecule has 0 spiro atoms. The summed E-state index contributed by atoms with van der Waals surface area (Å²) < 4.78 is 13.9. The first-order valence-electron chi connectivity index (χ1n) is 9.35. The molecule has 0 aliphatic carbocycles. The van der Waals surface area contributed by atoms with Gasteiger partial charge in [-0.25, -0.2) is 4.39 Å². The number of benzene rings is 2. The fourth-order valence-corrected chi connectivity index (χ4v) is 4.06. The zero-order valence-corrected chi connectivity index (χ0v) is 17.8. The second kappa shape index (κ2) is 8.45. The van der Waals surface area contributed by atoms with E-state index in [2.05, 4.69) is 26.6 Å². The maximum atomic E-state index is 13.1. The van der Waals surface area contributed by atoms with Crippen LogP contribution < -0.4 is 10.6 Å². The third kappa shape index (κ3) is 4.72. The van der Waals surface area contributed by atoms with Crippen molar-refractivity contribution in [1.82, 2.24) is 10.6 Å². The standard InChI is InChI=1S/C22H22BrFN2O3/c1-22(2,14-4-6-15(24)7-5-14)21(29)25-12-13-3-8-16(18(23)11-13)17-9-10-19(27)26-20(17)28/h3-8,11,17H,9-10,12H2,1-2H3,(H,25,29)(H,26,27,28). The summed E-state index contributed by atoms with van der Waals surface area (Å²) in [6.45, 7) is 3.90. The lowest BCUT2D eigenvalue weighted by Crippen LogP contribution is -2.40. The van der Waals surface area contributed by atoms with Crippen molar-refractivity contribution in [2.45, 2.75) is 44.6 Å². The van der Waals surface area contributed by atoms with Gasteiger partial charge >= 0.3 is 0 Å². The molecular formula is C22H22BrFN2O3. The Morgan fingerprint density at radius 1 is 1.21 bits per heavy atom. The zero-order chi connectivity index (χ0) is 21.2. The molecule has 152 valence electrons. The number of imide groups is 1. The molecule has 1 fully saturated rings. The Hall–Kier alpha value is -2.54. The van der Waals surface area contributed by atoms with Gasteiger partial charge < -0.3 is 5.32 Å². The largest absolute Gasteiger partial charge is 0.351 e. The molecule has 7 heteroatoms. The van der Waals surface area contributed by atoms with Crippen LogP contribution in [0.4, 0.5) is 4.39 Å². The Balaban J connectivity index is 1.67. The van der Waals surface area contributed by atoms with Gasteiger partial charge in [0.15, 0.2) is 0 Å². The monoisotopic (exact) mass is 460 g/mol. The highest BCUT2D eigenvalue weighted by Gasteiger charge is 2.30. The SMILES string of the molecule is CC(C)(C(=O)NCc1ccc(C2CCC(=O)NC2=O)c(Br)c1)c1ccc(F)cc1. The van der Waals surface area contributed by atoms with Gasteiger partial charge in [-0.1, -0.05) is 40.2 Å². The first kappa shape index (κ1) is 21.2. The molecule has 0 bridgehead atoms. The van der Waals surface area contributed by atoms with Crippen molar-refractivity contribution in [2.24, 2.45) is 0 Å². The van der Waals surface area contributed by atoms with Gasteiger partial charge in [0, 0.05) is 17.4 Å². The maximum absolute atomic E-state index is 13.1. The number of carbonyl (C=O) groups is 3. The van der Waals surface area contributed by atoms with Gasteiger partial charge in [-0.05, 0) is 55.2 Å². The van der Waals surface area contributed by atoms with Crippen LogP contribution in [0.5, 0.6) is 0 Å². The zero-order valence-electron chi connectivity index (χ0n) is 16.2. The molecule has 2 aromatic rings. The summed E-state index contributed by atoms with van der Waals surface area (Å²) in [6.07, 6.45) is 0.796. The number of carbonyl (C=O) groups excluding carboxylic acids is 3. The van der Waals surface area contributed by atoms with Crippen molar-refractivity contribution in [3.05, 3.63) is 69.4 Å². The molecule has 1 aliphatic heterocycles. The van der Waals surface area contributed by atoms with Crippen LogP contribution in [0.15, 0.2) is 46.9 Å². The van der Waals surface area contributed by atoms with Gasteiger partial charge in [-0.3, -0.25) is 19.7 Å². The van der Waals surface area contributed by atoms with E-state index in [0.29, 0.717) is 19.4 Å². The van der Waals surface area contributed by atoms with Gasteiger partial charge in [0.25, 0.3) is 0 Å². The van der Waals surface area contributed by atoms with Gasteiger partial charge in [0.2, 0.25) is 17.7 Å². The number of amides is 3. The number of halogens is 2. The van der Waals surface area contributed by atoms with Crippen LogP contribution >= 0.6 is 15.9 Å². The van der Waals surface area contributed by atoms with Crippen molar-refractivity contribution in [3.63, 3.8) is 0 Å². The third-order valence-electron chi connectivity index (χ3n) is 5.27. The quantitative estimate of drug-likeness (QED) is 0.667. The molecule has 2 N–H and O–H groups in total. The second-order valence-corrected chi connectivity index (χ2v) is 8.53. The van der Waals surface area contributed by atoms with E-state index in [1.807, 2.05) is 18.2 Å². The van der Waals surface area contributed by atoms with E-state index < -0.39 is 5.41 Å². The highest BCUT2D eigenvalue weighted by Crippen LogP contribution is 2.31. The Kier molecular flexibility index (Phi) is 6.17.